The van der Waals surface area contributed by atoms with Gasteiger partial charge in [0.05, 0.1) is 12.2 Å². The quantitative estimate of drug-likeness (QED) is 0.748. The van der Waals surface area contributed by atoms with Crippen LogP contribution in [0.5, 0.6) is 5.75 Å². The second kappa shape index (κ2) is 6.46. The zero-order valence-corrected chi connectivity index (χ0v) is 12.3. The summed E-state index contributed by atoms with van der Waals surface area (Å²) in [6.45, 7) is 2.94. The lowest BCUT2D eigenvalue weighted by Crippen LogP contribution is -2.12. The molecule has 1 heterocycles. The van der Waals surface area contributed by atoms with E-state index in [0.717, 1.165) is 24.2 Å². The smallest absolute Gasteiger partial charge is 0.206 e. The van der Waals surface area contributed by atoms with Crippen LogP contribution >= 0.6 is 0 Å². The van der Waals surface area contributed by atoms with Crippen molar-refractivity contribution in [3.8, 4) is 5.75 Å². The van der Waals surface area contributed by atoms with Gasteiger partial charge >= 0.3 is 0 Å². The number of rotatable bonds is 6. The van der Waals surface area contributed by atoms with Crippen molar-refractivity contribution in [3.05, 3.63) is 35.7 Å². The van der Waals surface area contributed by atoms with Gasteiger partial charge in [-0.2, -0.15) is 0 Å². The number of nitrogens with zero attached hydrogens (tertiary/aromatic N) is 1. The molecule has 0 saturated carbocycles. The van der Waals surface area contributed by atoms with Gasteiger partial charge in [0, 0.05) is 14.1 Å². The largest absolute Gasteiger partial charge is 0.494 e. The molecule has 0 aromatic heterocycles. The Morgan fingerprint density at radius 1 is 1.35 bits per heavy atom. The first-order chi connectivity index (χ1) is 9.63. The van der Waals surface area contributed by atoms with E-state index in [1.807, 2.05) is 43.3 Å². The van der Waals surface area contributed by atoms with Crippen LogP contribution < -0.4 is 4.74 Å². The van der Waals surface area contributed by atoms with E-state index in [0.29, 0.717) is 18.1 Å². The van der Waals surface area contributed by atoms with Crippen LogP contribution in [0.1, 0.15) is 25.3 Å². The van der Waals surface area contributed by atoms with Crippen LogP contribution in [0.3, 0.4) is 0 Å². The number of Topliss-reactive ketones (excluding diaryl/α,β-unsaturated/α-hetero) is 1. The third kappa shape index (κ3) is 3.13. The van der Waals surface area contributed by atoms with Gasteiger partial charge in [0.1, 0.15) is 5.75 Å². The SMILES string of the molecule is CCCCOc1cccc(C2=C(N(C)C)OCC2=O)c1. The highest BCUT2D eigenvalue weighted by Gasteiger charge is 2.27. The lowest BCUT2D eigenvalue weighted by molar-refractivity contribution is -0.115. The molecule has 0 saturated heterocycles. The number of ketones is 1. The van der Waals surface area contributed by atoms with Crippen molar-refractivity contribution >= 4 is 11.4 Å². The second-order valence-electron chi connectivity index (χ2n) is 5.02. The fourth-order valence-corrected chi connectivity index (χ4v) is 2.11. The number of ether oxygens (including phenoxy) is 2. The summed E-state index contributed by atoms with van der Waals surface area (Å²) in [7, 11) is 3.74. The van der Waals surface area contributed by atoms with Crippen molar-refractivity contribution in [1.29, 1.82) is 0 Å². The summed E-state index contributed by atoms with van der Waals surface area (Å²) >= 11 is 0. The molecule has 0 bridgehead atoms. The summed E-state index contributed by atoms with van der Waals surface area (Å²) in [5.74, 6) is 1.43. The summed E-state index contributed by atoms with van der Waals surface area (Å²) in [5.41, 5.74) is 1.49. The van der Waals surface area contributed by atoms with Crippen LogP contribution in [-0.4, -0.2) is 38.0 Å². The van der Waals surface area contributed by atoms with Crippen molar-refractivity contribution in [2.45, 2.75) is 19.8 Å². The summed E-state index contributed by atoms with van der Waals surface area (Å²) in [6.07, 6.45) is 2.12. The van der Waals surface area contributed by atoms with E-state index in [1.54, 1.807) is 0 Å². The van der Waals surface area contributed by atoms with Gasteiger partial charge in [0.15, 0.2) is 6.61 Å². The zero-order chi connectivity index (χ0) is 14.5. The minimum atomic E-state index is 0.0133. The molecule has 0 N–H and O–H groups in total. The maximum absolute atomic E-state index is 12.0. The first kappa shape index (κ1) is 14.4. The molecule has 0 fully saturated rings. The van der Waals surface area contributed by atoms with Gasteiger partial charge in [-0.15, -0.1) is 0 Å². The minimum Gasteiger partial charge on any atom is -0.494 e. The fourth-order valence-electron chi connectivity index (χ4n) is 2.11. The van der Waals surface area contributed by atoms with E-state index in [9.17, 15) is 4.79 Å². The zero-order valence-electron chi connectivity index (χ0n) is 12.3. The molecule has 1 aliphatic rings. The van der Waals surface area contributed by atoms with Gasteiger partial charge in [-0.3, -0.25) is 4.79 Å². The number of carbonyl (C=O) groups excluding carboxylic acids is 1. The Labute approximate surface area is 120 Å². The van der Waals surface area contributed by atoms with Crippen LogP contribution in [0, 0.1) is 0 Å². The predicted octanol–water partition coefficient (Wildman–Crippen LogP) is 2.70. The molecule has 0 atom stereocenters. The maximum Gasteiger partial charge on any atom is 0.206 e. The summed E-state index contributed by atoms with van der Waals surface area (Å²) < 4.78 is 11.1. The van der Waals surface area contributed by atoms with Crippen LogP contribution in [0.25, 0.3) is 5.57 Å². The van der Waals surface area contributed by atoms with Crippen LogP contribution in [0.4, 0.5) is 0 Å². The van der Waals surface area contributed by atoms with Crippen LogP contribution in [0.15, 0.2) is 30.1 Å². The molecular formula is C16H21NO3. The summed E-state index contributed by atoms with van der Waals surface area (Å²) in [6, 6.07) is 7.64. The number of hydrogen-bond donors (Lipinski definition) is 0. The van der Waals surface area contributed by atoms with Crippen molar-refractivity contribution in [3.63, 3.8) is 0 Å². The lowest BCUT2D eigenvalue weighted by atomic mass is 10.0. The first-order valence-electron chi connectivity index (χ1n) is 6.94. The Hall–Kier alpha value is -1.97. The molecule has 0 spiro atoms. The van der Waals surface area contributed by atoms with Gasteiger partial charge in [0.2, 0.25) is 11.7 Å². The molecule has 0 aliphatic carbocycles. The third-order valence-electron chi connectivity index (χ3n) is 3.13. The summed E-state index contributed by atoms with van der Waals surface area (Å²) in [5, 5.41) is 0. The van der Waals surface area contributed by atoms with E-state index < -0.39 is 0 Å². The molecule has 20 heavy (non-hydrogen) atoms. The Kier molecular flexibility index (Phi) is 4.66. The second-order valence-corrected chi connectivity index (χ2v) is 5.02. The first-order valence-corrected chi connectivity index (χ1v) is 6.94. The van der Waals surface area contributed by atoms with Gasteiger partial charge in [-0.25, -0.2) is 0 Å². The van der Waals surface area contributed by atoms with E-state index in [-0.39, 0.29) is 12.4 Å². The topological polar surface area (TPSA) is 38.8 Å². The Morgan fingerprint density at radius 2 is 2.15 bits per heavy atom. The van der Waals surface area contributed by atoms with Gasteiger partial charge in [-0.05, 0) is 24.1 Å². The molecule has 4 nitrogen and oxygen atoms in total. The van der Waals surface area contributed by atoms with Crippen LogP contribution in [0.2, 0.25) is 0 Å². The Morgan fingerprint density at radius 3 is 2.85 bits per heavy atom. The predicted molar refractivity (Wildman–Crippen MR) is 78.4 cm³/mol. The van der Waals surface area contributed by atoms with Gasteiger partial charge < -0.3 is 14.4 Å². The number of unbranched alkanes of at least 4 members (excludes halogenated alkanes) is 1. The highest BCUT2D eigenvalue weighted by molar-refractivity contribution is 6.23. The molecule has 0 radical (unpaired) electrons. The van der Waals surface area contributed by atoms with E-state index >= 15 is 0 Å². The number of benzene rings is 1. The van der Waals surface area contributed by atoms with Gasteiger partial charge in [-0.1, -0.05) is 25.5 Å². The van der Waals surface area contributed by atoms with E-state index in [4.69, 9.17) is 9.47 Å². The van der Waals surface area contributed by atoms with E-state index in [1.165, 1.54) is 0 Å². The average molecular weight is 275 g/mol. The highest BCUT2D eigenvalue weighted by atomic mass is 16.5. The van der Waals surface area contributed by atoms with Gasteiger partial charge in [0.25, 0.3) is 0 Å². The minimum absolute atomic E-state index is 0.0133. The highest BCUT2D eigenvalue weighted by Crippen LogP contribution is 2.29. The van der Waals surface area contributed by atoms with Crippen molar-refractivity contribution in [2.24, 2.45) is 0 Å². The monoisotopic (exact) mass is 275 g/mol. The molecule has 0 amide bonds. The Bertz CT molecular complexity index is 520. The van der Waals surface area contributed by atoms with Crippen molar-refractivity contribution in [2.75, 3.05) is 27.3 Å². The number of carbonyl (C=O) groups is 1. The average Bonchev–Trinajstić information content (AvgIpc) is 2.81. The van der Waals surface area contributed by atoms with Crippen molar-refractivity contribution < 1.29 is 14.3 Å². The summed E-state index contributed by atoms with van der Waals surface area (Å²) in [4.78, 5) is 13.8. The molecule has 1 aliphatic heterocycles. The molecule has 108 valence electrons. The maximum atomic E-state index is 12.0. The number of hydrogen-bond acceptors (Lipinski definition) is 4. The molecule has 1 aromatic carbocycles. The Balaban J connectivity index is 2.25. The molecule has 1 aromatic rings. The molecule has 0 unspecified atom stereocenters. The normalized spacial score (nSPS) is 14.4. The molecule has 4 heteroatoms. The van der Waals surface area contributed by atoms with Crippen LogP contribution in [-0.2, 0) is 9.53 Å². The third-order valence-corrected chi connectivity index (χ3v) is 3.13. The lowest BCUT2D eigenvalue weighted by Gasteiger charge is -2.14. The fraction of sp³-hybridized carbons (Fsp3) is 0.438. The van der Waals surface area contributed by atoms with Crippen molar-refractivity contribution in [1.82, 2.24) is 4.90 Å². The van der Waals surface area contributed by atoms with E-state index in [2.05, 4.69) is 6.92 Å². The standard InChI is InChI=1S/C16H21NO3/c1-4-5-9-19-13-8-6-7-12(10-13)15-14(18)11-20-16(15)17(2)3/h6-8,10H,4-5,9,11H2,1-3H3. The molecule has 2 rings (SSSR count). The molecular weight excluding hydrogens is 254 g/mol.